The van der Waals surface area contributed by atoms with Crippen LogP contribution in [0.2, 0.25) is 0 Å². The van der Waals surface area contributed by atoms with Crippen molar-refractivity contribution in [2.24, 2.45) is 0 Å². The molecule has 0 spiro atoms. The zero-order valence-corrected chi connectivity index (χ0v) is 13.1. The van der Waals surface area contributed by atoms with E-state index >= 15 is 0 Å². The van der Waals surface area contributed by atoms with Gasteiger partial charge in [-0.2, -0.15) is 5.10 Å². The van der Waals surface area contributed by atoms with Crippen molar-refractivity contribution in [1.82, 2.24) is 24.7 Å². The molecule has 0 bridgehead atoms. The van der Waals surface area contributed by atoms with Crippen LogP contribution in [0.1, 0.15) is 25.5 Å². The van der Waals surface area contributed by atoms with Crippen molar-refractivity contribution >= 4 is 0 Å². The lowest BCUT2D eigenvalue weighted by Crippen LogP contribution is -2.39. The van der Waals surface area contributed by atoms with Crippen LogP contribution < -0.4 is 0 Å². The van der Waals surface area contributed by atoms with E-state index in [0.29, 0.717) is 6.07 Å². The molecule has 0 saturated carbocycles. The molecule has 0 fully saturated rings. The predicted octanol–water partition coefficient (Wildman–Crippen LogP) is 2.18. The summed E-state index contributed by atoms with van der Waals surface area (Å²) in [4.78, 5) is 11.0. The predicted molar refractivity (Wildman–Crippen MR) is 80.7 cm³/mol. The molecule has 25 heavy (non-hydrogen) atoms. The van der Waals surface area contributed by atoms with Gasteiger partial charge in [0.1, 0.15) is 36.2 Å². The van der Waals surface area contributed by atoms with Crippen LogP contribution >= 0.6 is 0 Å². The molecule has 1 aromatic carbocycles. The molecule has 0 unspecified atom stereocenters. The van der Waals surface area contributed by atoms with E-state index < -0.39 is 35.1 Å². The van der Waals surface area contributed by atoms with Gasteiger partial charge in [0.2, 0.25) is 0 Å². The van der Waals surface area contributed by atoms with Crippen molar-refractivity contribution < 1.29 is 19.6 Å². The zero-order chi connectivity index (χ0) is 18.9. The molecule has 2 heterocycles. The summed E-state index contributed by atoms with van der Waals surface area (Å²) in [6.07, 6.45) is 2.85. The van der Waals surface area contributed by atoms with Crippen molar-refractivity contribution in [2.75, 3.05) is 0 Å². The average Bonchev–Trinajstić information content (AvgIpc) is 3.09. The topological polar surface area (TPSA) is 76.7 Å². The Bertz CT molecular complexity index is 924. The van der Waals surface area contributed by atoms with E-state index in [0.717, 1.165) is 18.5 Å². The van der Waals surface area contributed by atoms with Crippen LogP contribution in [-0.4, -0.2) is 29.8 Å². The van der Waals surface area contributed by atoms with Gasteiger partial charge in [0.25, 0.3) is 0 Å². The molecule has 0 saturated heterocycles. The van der Waals surface area contributed by atoms with Gasteiger partial charge in [0.15, 0.2) is 5.82 Å². The highest BCUT2D eigenvalue weighted by Crippen LogP contribution is 2.39. The van der Waals surface area contributed by atoms with Gasteiger partial charge < -0.3 is 5.11 Å². The summed E-state index contributed by atoms with van der Waals surface area (Å²) in [5, 5.41) is 15.2. The second kappa shape index (κ2) is 6.60. The van der Waals surface area contributed by atoms with Gasteiger partial charge >= 0.3 is 0 Å². The van der Waals surface area contributed by atoms with Gasteiger partial charge in [-0.15, -0.1) is 0 Å². The summed E-state index contributed by atoms with van der Waals surface area (Å²) >= 11 is 0. The van der Waals surface area contributed by atoms with Crippen LogP contribution in [0.15, 0.2) is 43.4 Å². The number of hydrogen-bond acceptors (Lipinski definition) is 5. The SMILES string of the molecule is [2H]c1ncnc([C@H](C)[C@](O)(Cn2cncn2)c2ccc(F)cc2F)c1F. The van der Waals surface area contributed by atoms with E-state index in [1.165, 1.54) is 24.3 Å². The van der Waals surface area contributed by atoms with Crippen LogP contribution in [0.4, 0.5) is 13.2 Å². The Kier molecular flexibility index (Phi) is 4.14. The lowest BCUT2D eigenvalue weighted by molar-refractivity contribution is -0.0133. The standard InChI is InChI=1S/C16H14F3N5O/c1-10(15-14(19)5-20-7-22-15)16(25,6-24-9-21-8-23-24)12-3-2-11(17)4-13(12)18/h2-5,7-10,25H,6H2,1H3/t10-,16+/m0/s1/i5D. The van der Waals surface area contributed by atoms with Gasteiger partial charge in [-0.1, -0.05) is 13.0 Å². The van der Waals surface area contributed by atoms with Crippen LogP contribution in [0, 0.1) is 17.5 Å². The average molecular weight is 350 g/mol. The second-order valence-corrected chi connectivity index (χ2v) is 5.55. The van der Waals surface area contributed by atoms with E-state index in [2.05, 4.69) is 20.1 Å². The fourth-order valence-corrected chi connectivity index (χ4v) is 2.68. The minimum Gasteiger partial charge on any atom is -0.382 e. The van der Waals surface area contributed by atoms with Gasteiger partial charge in [-0.3, -0.25) is 0 Å². The number of aromatic nitrogens is 5. The highest BCUT2D eigenvalue weighted by atomic mass is 19.1. The Hall–Kier alpha value is -2.81. The summed E-state index contributed by atoms with van der Waals surface area (Å²) < 4.78 is 50.8. The lowest BCUT2D eigenvalue weighted by atomic mass is 9.79. The highest BCUT2D eigenvalue weighted by molar-refractivity contribution is 5.30. The van der Waals surface area contributed by atoms with Crippen molar-refractivity contribution in [3.05, 3.63) is 72.1 Å². The molecule has 0 amide bonds. The maximum atomic E-state index is 14.4. The van der Waals surface area contributed by atoms with Crippen LogP contribution in [-0.2, 0) is 12.1 Å². The maximum Gasteiger partial charge on any atom is 0.163 e. The monoisotopic (exact) mass is 350 g/mol. The Balaban J connectivity index is 2.15. The van der Waals surface area contributed by atoms with Crippen molar-refractivity contribution in [3.8, 4) is 0 Å². The van der Waals surface area contributed by atoms with Gasteiger partial charge in [0, 0.05) is 17.5 Å². The number of rotatable bonds is 5. The van der Waals surface area contributed by atoms with Crippen molar-refractivity contribution in [1.29, 1.82) is 0 Å². The van der Waals surface area contributed by atoms with E-state index in [4.69, 9.17) is 1.37 Å². The van der Waals surface area contributed by atoms with Gasteiger partial charge in [-0.05, 0) is 6.07 Å². The number of nitrogens with zero attached hydrogens (tertiary/aromatic N) is 5. The number of halogens is 3. The molecule has 0 aliphatic heterocycles. The fraction of sp³-hybridized carbons (Fsp3) is 0.250. The smallest absolute Gasteiger partial charge is 0.163 e. The van der Waals surface area contributed by atoms with E-state index in [1.807, 2.05) is 0 Å². The molecule has 1 N–H and O–H groups in total. The molecule has 2 atom stereocenters. The molecule has 2 aromatic heterocycles. The van der Waals surface area contributed by atoms with Crippen molar-refractivity contribution in [3.63, 3.8) is 0 Å². The Morgan fingerprint density at radius 2 is 2.04 bits per heavy atom. The van der Waals surface area contributed by atoms with E-state index in [-0.39, 0.29) is 17.8 Å². The minimum absolute atomic E-state index is 0.258. The minimum atomic E-state index is -2.05. The summed E-state index contributed by atoms with van der Waals surface area (Å²) in [6, 6.07) is 2.70. The Labute approximate surface area is 142 Å². The lowest BCUT2D eigenvalue weighted by Gasteiger charge is -2.34. The van der Waals surface area contributed by atoms with Gasteiger partial charge in [-0.25, -0.2) is 32.8 Å². The third kappa shape index (κ3) is 3.22. The highest BCUT2D eigenvalue weighted by Gasteiger charge is 2.41. The first-order chi connectivity index (χ1) is 12.3. The summed E-state index contributed by atoms with van der Waals surface area (Å²) in [5.74, 6) is -3.96. The first-order valence-electron chi connectivity index (χ1n) is 7.80. The molecule has 0 aliphatic rings. The van der Waals surface area contributed by atoms with Crippen LogP contribution in [0.5, 0.6) is 0 Å². The molecule has 0 radical (unpaired) electrons. The molecular weight excluding hydrogens is 335 g/mol. The molecule has 9 heteroatoms. The van der Waals surface area contributed by atoms with Crippen LogP contribution in [0.3, 0.4) is 0 Å². The second-order valence-electron chi connectivity index (χ2n) is 5.55. The normalized spacial score (nSPS) is 15.5. The quantitative estimate of drug-likeness (QED) is 0.763. The van der Waals surface area contributed by atoms with Crippen LogP contribution in [0.25, 0.3) is 0 Å². The van der Waals surface area contributed by atoms with E-state index in [1.54, 1.807) is 0 Å². The summed E-state index contributed by atoms with van der Waals surface area (Å²) in [5.41, 5.74) is -2.57. The molecule has 3 aromatic rings. The summed E-state index contributed by atoms with van der Waals surface area (Å²) in [6.45, 7) is 1.12. The Morgan fingerprint density at radius 3 is 2.72 bits per heavy atom. The molecule has 0 aliphatic carbocycles. The van der Waals surface area contributed by atoms with E-state index in [9.17, 15) is 18.3 Å². The molecule has 6 nitrogen and oxygen atoms in total. The third-order valence-corrected chi connectivity index (χ3v) is 4.04. The largest absolute Gasteiger partial charge is 0.382 e. The number of aliphatic hydroxyl groups is 1. The van der Waals surface area contributed by atoms with Gasteiger partial charge in [0.05, 0.1) is 19.8 Å². The maximum absolute atomic E-state index is 14.4. The molecule has 3 rings (SSSR count). The fourth-order valence-electron chi connectivity index (χ4n) is 2.68. The number of hydrogen-bond donors (Lipinski definition) is 1. The third-order valence-electron chi connectivity index (χ3n) is 4.04. The number of benzene rings is 1. The first-order valence-corrected chi connectivity index (χ1v) is 7.30. The molecule has 130 valence electrons. The first kappa shape index (κ1) is 15.7. The summed E-state index contributed by atoms with van der Waals surface area (Å²) in [7, 11) is 0. The zero-order valence-electron chi connectivity index (χ0n) is 14.1. The molecular formula is C16H14F3N5O. The van der Waals surface area contributed by atoms with Crippen molar-refractivity contribution in [2.45, 2.75) is 25.0 Å². The Morgan fingerprint density at radius 1 is 1.24 bits per heavy atom.